The number of rotatable bonds is 6. The summed E-state index contributed by atoms with van der Waals surface area (Å²) in [6.07, 6.45) is 0. The van der Waals surface area contributed by atoms with E-state index in [0.29, 0.717) is 5.75 Å². The summed E-state index contributed by atoms with van der Waals surface area (Å²) in [5.41, 5.74) is 1.95. The maximum atomic E-state index is 11.8. The molecule has 0 aliphatic rings. The lowest BCUT2D eigenvalue weighted by molar-refractivity contribution is -0.113. The average Bonchev–Trinajstić information content (AvgIpc) is 2.85. The molecular weight excluding hydrogens is 310 g/mol. The third kappa shape index (κ3) is 4.81. The van der Waals surface area contributed by atoms with Crippen LogP contribution in [0.15, 0.2) is 32.9 Å². The minimum absolute atomic E-state index is 0.0273. The maximum Gasteiger partial charge on any atom is 0.234 e. The Hall–Kier alpha value is -1.05. The van der Waals surface area contributed by atoms with Crippen LogP contribution in [-0.2, 0) is 4.79 Å². The first-order chi connectivity index (χ1) is 9.67. The Kier molecular flexibility index (Phi) is 5.87. The van der Waals surface area contributed by atoms with Crippen molar-refractivity contribution in [3.05, 3.63) is 29.8 Å². The van der Waals surface area contributed by atoms with Crippen LogP contribution in [0.4, 0.5) is 5.69 Å². The van der Waals surface area contributed by atoms with Crippen molar-refractivity contribution in [2.45, 2.75) is 22.5 Å². The van der Waals surface area contributed by atoms with E-state index in [9.17, 15) is 4.79 Å². The summed E-state index contributed by atoms with van der Waals surface area (Å²) in [5, 5.41) is 11.0. The Morgan fingerprint density at radius 3 is 2.75 bits per heavy atom. The second-order valence-electron chi connectivity index (χ2n) is 3.97. The van der Waals surface area contributed by atoms with Gasteiger partial charge in [0.15, 0.2) is 8.68 Å². The fourth-order valence-corrected chi connectivity index (χ4v) is 4.20. The lowest BCUT2D eigenvalue weighted by atomic mass is 10.2. The number of thioether (sulfide) groups is 2. The van der Waals surface area contributed by atoms with Crippen molar-refractivity contribution in [3.63, 3.8) is 0 Å². The second-order valence-corrected chi connectivity index (χ2v) is 7.68. The first kappa shape index (κ1) is 15.3. The van der Waals surface area contributed by atoms with Gasteiger partial charge in [-0.05, 0) is 30.4 Å². The van der Waals surface area contributed by atoms with Crippen molar-refractivity contribution < 1.29 is 4.79 Å². The van der Waals surface area contributed by atoms with Crippen LogP contribution in [0.25, 0.3) is 0 Å². The molecular formula is C13H15N3OS3. The van der Waals surface area contributed by atoms with Gasteiger partial charge in [-0.2, -0.15) is 0 Å². The van der Waals surface area contributed by atoms with Gasteiger partial charge in [0, 0.05) is 5.69 Å². The summed E-state index contributed by atoms with van der Waals surface area (Å²) in [7, 11) is 0. The quantitative estimate of drug-likeness (QED) is 0.821. The van der Waals surface area contributed by atoms with Gasteiger partial charge in [-0.1, -0.05) is 53.9 Å². The number of carbonyl (C=O) groups is 1. The Morgan fingerprint density at radius 1 is 1.30 bits per heavy atom. The number of benzene rings is 1. The van der Waals surface area contributed by atoms with Crippen LogP contribution < -0.4 is 5.32 Å². The molecule has 0 radical (unpaired) electrons. The fraction of sp³-hybridized carbons (Fsp3) is 0.308. The molecule has 1 aromatic heterocycles. The van der Waals surface area contributed by atoms with E-state index in [2.05, 4.69) is 22.4 Å². The minimum atomic E-state index is -0.0273. The zero-order chi connectivity index (χ0) is 14.4. The van der Waals surface area contributed by atoms with Crippen LogP contribution in [0.2, 0.25) is 0 Å². The molecule has 0 fully saturated rings. The van der Waals surface area contributed by atoms with E-state index in [1.165, 1.54) is 23.1 Å². The summed E-state index contributed by atoms with van der Waals surface area (Å²) in [4.78, 5) is 11.8. The molecule has 2 aromatic rings. The SMILES string of the molecule is CCSc1nnc(SCC(=O)Nc2cccc(C)c2)s1. The molecule has 0 saturated heterocycles. The molecule has 1 aromatic carbocycles. The number of amides is 1. The average molecular weight is 325 g/mol. The number of aryl methyl sites for hydroxylation is 1. The number of hydrogen-bond acceptors (Lipinski definition) is 6. The predicted molar refractivity (Wildman–Crippen MR) is 86.8 cm³/mol. The molecule has 0 atom stereocenters. The summed E-state index contributed by atoms with van der Waals surface area (Å²) in [6, 6.07) is 7.76. The van der Waals surface area contributed by atoms with Crippen molar-refractivity contribution in [1.29, 1.82) is 0 Å². The second kappa shape index (κ2) is 7.66. The molecule has 1 amide bonds. The zero-order valence-corrected chi connectivity index (χ0v) is 13.7. The summed E-state index contributed by atoms with van der Waals surface area (Å²) in [5.74, 6) is 1.30. The van der Waals surface area contributed by atoms with Crippen molar-refractivity contribution in [2.75, 3.05) is 16.8 Å². The van der Waals surface area contributed by atoms with E-state index in [0.717, 1.165) is 25.7 Å². The summed E-state index contributed by atoms with van der Waals surface area (Å²) in [6.45, 7) is 4.08. The highest BCUT2D eigenvalue weighted by atomic mass is 32.2. The summed E-state index contributed by atoms with van der Waals surface area (Å²) >= 11 is 4.62. The van der Waals surface area contributed by atoms with E-state index in [4.69, 9.17) is 0 Å². The van der Waals surface area contributed by atoms with Crippen molar-refractivity contribution in [3.8, 4) is 0 Å². The third-order valence-electron chi connectivity index (χ3n) is 2.28. The van der Waals surface area contributed by atoms with E-state index in [1.54, 1.807) is 11.8 Å². The van der Waals surface area contributed by atoms with Gasteiger partial charge < -0.3 is 5.32 Å². The molecule has 4 nitrogen and oxygen atoms in total. The van der Waals surface area contributed by atoms with Gasteiger partial charge in [0.1, 0.15) is 0 Å². The minimum Gasteiger partial charge on any atom is -0.325 e. The number of nitrogens with zero attached hydrogens (tertiary/aromatic N) is 2. The molecule has 106 valence electrons. The molecule has 2 rings (SSSR count). The highest BCUT2D eigenvalue weighted by molar-refractivity contribution is 8.03. The van der Waals surface area contributed by atoms with Gasteiger partial charge in [-0.15, -0.1) is 10.2 Å². The van der Waals surface area contributed by atoms with Crippen molar-refractivity contribution in [2.24, 2.45) is 0 Å². The Balaban J connectivity index is 1.82. The highest BCUT2D eigenvalue weighted by Gasteiger charge is 2.08. The van der Waals surface area contributed by atoms with E-state index in [-0.39, 0.29) is 5.91 Å². The summed E-state index contributed by atoms with van der Waals surface area (Å²) < 4.78 is 1.79. The van der Waals surface area contributed by atoms with Crippen molar-refractivity contribution in [1.82, 2.24) is 10.2 Å². The molecule has 0 spiro atoms. The molecule has 0 unspecified atom stereocenters. The molecule has 7 heteroatoms. The fourth-order valence-electron chi connectivity index (χ4n) is 1.48. The smallest absolute Gasteiger partial charge is 0.234 e. The van der Waals surface area contributed by atoms with Crippen LogP contribution in [0.3, 0.4) is 0 Å². The van der Waals surface area contributed by atoms with Crippen LogP contribution in [0, 0.1) is 6.92 Å². The molecule has 20 heavy (non-hydrogen) atoms. The van der Waals surface area contributed by atoms with Gasteiger partial charge >= 0.3 is 0 Å². The number of carbonyl (C=O) groups excluding carboxylic acids is 1. The highest BCUT2D eigenvalue weighted by Crippen LogP contribution is 2.28. The van der Waals surface area contributed by atoms with Crippen LogP contribution >= 0.6 is 34.9 Å². The largest absolute Gasteiger partial charge is 0.325 e. The van der Waals surface area contributed by atoms with E-state index in [1.807, 2.05) is 31.2 Å². The Labute approximate surface area is 130 Å². The molecule has 1 heterocycles. The van der Waals surface area contributed by atoms with Gasteiger partial charge in [0.2, 0.25) is 5.91 Å². The monoisotopic (exact) mass is 325 g/mol. The standard InChI is InChI=1S/C13H15N3OS3/c1-3-18-12-15-16-13(20-12)19-8-11(17)14-10-6-4-5-9(2)7-10/h4-7H,3,8H2,1-2H3,(H,14,17). The van der Waals surface area contributed by atoms with Gasteiger partial charge in [0.25, 0.3) is 0 Å². The lowest BCUT2D eigenvalue weighted by Gasteiger charge is -2.04. The first-order valence-corrected chi connectivity index (χ1v) is 8.91. The lowest BCUT2D eigenvalue weighted by Crippen LogP contribution is -2.13. The molecule has 0 aliphatic carbocycles. The first-order valence-electron chi connectivity index (χ1n) is 6.13. The van der Waals surface area contributed by atoms with E-state index >= 15 is 0 Å². The maximum absolute atomic E-state index is 11.8. The third-order valence-corrected chi connectivity index (χ3v) is 5.36. The number of hydrogen-bond donors (Lipinski definition) is 1. The predicted octanol–water partition coefficient (Wildman–Crippen LogP) is 3.69. The molecule has 0 saturated carbocycles. The van der Waals surface area contributed by atoms with Gasteiger partial charge in [-0.3, -0.25) is 4.79 Å². The topological polar surface area (TPSA) is 54.9 Å². The van der Waals surface area contributed by atoms with Crippen molar-refractivity contribution >= 4 is 46.5 Å². The Bertz CT molecular complexity index is 586. The number of anilines is 1. The van der Waals surface area contributed by atoms with Crippen LogP contribution in [0.1, 0.15) is 12.5 Å². The van der Waals surface area contributed by atoms with Crippen LogP contribution in [0.5, 0.6) is 0 Å². The van der Waals surface area contributed by atoms with Gasteiger partial charge in [-0.25, -0.2) is 0 Å². The zero-order valence-electron chi connectivity index (χ0n) is 11.3. The molecule has 0 bridgehead atoms. The van der Waals surface area contributed by atoms with E-state index < -0.39 is 0 Å². The molecule has 1 N–H and O–H groups in total. The number of nitrogens with one attached hydrogen (secondary N) is 1. The normalized spacial score (nSPS) is 10.5. The number of aromatic nitrogens is 2. The van der Waals surface area contributed by atoms with Gasteiger partial charge in [0.05, 0.1) is 5.75 Å². The Morgan fingerprint density at radius 2 is 2.05 bits per heavy atom. The molecule has 0 aliphatic heterocycles. The van der Waals surface area contributed by atoms with Crippen LogP contribution in [-0.4, -0.2) is 27.6 Å².